The van der Waals surface area contributed by atoms with Crippen molar-refractivity contribution < 1.29 is 14.4 Å². The highest BCUT2D eigenvalue weighted by Gasteiger charge is 2.16. The Morgan fingerprint density at radius 3 is 2.69 bits per heavy atom. The zero-order valence-corrected chi connectivity index (χ0v) is 16.9. The monoisotopic (exact) mass is 413 g/mol. The number of aromatic nitrogens is 3. The number of benzene rings is 2. The second-order valence-electron chi connectivity index (χ2n) is 6.22. The SMILES string of the molecule is COc1ccc(/C=N/n2c(C)n[nH]c2=S)cc1COc1ccc(C)cc1[N+](=O)[O-]. The molecule has 0 aliphatic heterocycles. The fourth-order valence-electron chi connectivity index (χ4n) is 2.67. The van der Waals surface area contributed by atoms with Gasteiger partial charge in [0.1, 0.15) is 18.2 Å². The van der Waals surface area contributed by atoms with Gasteiger partial charge in [-0.25, -0.2) is 0 Å². The van der Waals surface area contributed by atoms with Crippen LogP contribution in [0.3, 0.4) is 0 Å². The molecule has 0 bridgehead atoms. The zero-order chi connectivity index (χ0) is 21.0. The molecule has 9 nitrogen and oxygen atoms in total. The largest absolute Gasteiger partial charge is 0.496 e. The summed E-state index contributed by atoms with van der Waals surface area (Å²) < 4.78 is 13.0. The molecule has 0 aliphatic rings. The van der Waals surface area contributed by atoms with Crippen molar-refractivity contribution in [1.29, 1.82) is 0 Å². The molecule has 3 aromatic rings. The molecule has 3 rings (SSSR count). The van der Waals surface area contributed by atoms with Gasteiger partial charge in [0.05, 0.1) is 18.2 Å². The van der Waals surface area contributed by atoms with Crippen LogP contribution in [0.2, 0.25) is 0 Å². The second-order valence-corrected chi connectivity index (χ2v) is 6.61. The van der Waals surface area contributed by atoms with Gasteiger partial charge in [-0.15, -0.1) is 0 Å². The van der Waals surface area contributed by atoms with Crippen LogP contribution >= 0.6 is 12.2 Å². The first kappa shape index (κ1) is 20.2. The van der Waals surface area contributed by atoms with Crippen LogP contribution in [0.5, 0.6) is 11.5 Å². The number of methoxy groups -OCH3 is 1. The van der Waals surface area contributed by atoms with Crippen molar-refractivity contribution in [3.63, 3.8) is 0 Å². The van der Waals surface area contributed by atoms with E-state index in [2.05, 4.69) is 15.3 Å². The molecular weight excluding hydrogens is 394 g/mol. The number of nitrogens with zero attached hydrogens (tertiary/aromatic N) is 4. The van der Waals surface area contributed by atoms with Crippen LogP contribution in [-0.2, 0) is 6.61 Å². The van der Waals surface area contributed by atoms with Gasteiger partial charge in [-0.3, -0.25) is 15.2 Å². The predicted octanol–water partition coefficient (Wildman–Crippen LogP) is 3.94. The average molecular weight is 413 g/mol. The molecule has 1 N–H and O–H groups in total. The molecule has 0 saturated heterocycles. The maximum absolute atomic E-state index is 11.3. The summed E-state index contributed by atoms with van der Waals surface area (Å²) in [4.78, 5) is 10.8. The van der Waals surface area contributed by atoms with E-state index in [4.69, 9.17) is 21.7 Å². The smallest absolute Gasteiger partial charge is 0.311 e. The van der Waals surface area contributed by atoms with Crippen molar-refractivity contribution >= 4 is 24.1 Å². The van der Waals surface area contributed by atoms with E-state index in [9.17, 15) is 10.1 Å². The van der Waals surface area contributed by atoms with E-state index in [0.717, 1.165) is 16.7 Å². The topological polar surface area (TPSA) is 108 Å². The van der Waals surface area contributed by atoms with E-state index in [0.29, 0.717) is 16.3 Å². The second kappa shape index (κ2) is 8.65. The van der Waals surface area contributed by atoms with Gasteiger partial charge in [0, 0.05) is 11.6 Å². The summed E-state index contributed by atoms with van der Waals surface area (Å²) in [6, 6.07) is 10.3. The molecule has 0 radical (unpaired) electrons. The normalized spacial score (nSPS) is 11.0. The van der Waals surface area contributed by atoms with Gasteiger partial charge in [0.2, 0.25) is 4.77 Å². The van der Waals surface area contributed by atoms with Crippen LogP contribution in [0, 0.1) is 28.7 Å². The fraction of sp³-hybridized carbons (Fsp3) is 0.211. The Morgan fingerprint density at radius 2 is 2.03 bits per heavy atom. The van der Waals surface area contributed by atoms with Gasteiger partial charge < -0.3 is 9.47 Å². The van der Waals surface area contributed by atoms with Gasteiger partial charge in [-0.05, 0) is 61.5 Å². The predicted molar refractivity (Wildman–Crippen MR) is 110 cm³/mol. The number of rotatable bonds is 7. The van der Waals surface area contributed by atoms with Crippen molar-refractivity contribution in [2.24, 2.45) is 5.10 Å². The minimum atomic E-state index is -0.459. The lowest BCUT2D eigenvalue weighted by Crippen LogP contribution is -2.02. The first-order valence-electron chi connectivity index (χ1n) is 8.62. The summed E-state index contributed by atoms with van der Waals surface area (Å²) in [6.45, 7) is 3.67. The van der Waals surface area contributed by atoms with E-state index in [1.165, 1.54) is 10.7 Å². The molecule has 1 aromatic heterocycles. The number of aromatic amines is 1. The number of aryl methyl sites for hydroxylation is 2. The van der Waals surface area contributed by atoms with Crippen LogP contribution in [-0.4, -0.2) is 33.1 Å². The molecule has 0 unspecified atom stereocenters. The third-order valence-corrected chi connectivity index (χ3v) is 4.40. The Kier molecular flexibility index (Phi) is 6.03. The minimum Gasteiger partial charge on any atom is -0.496 e. The van der Waals surface area contributed by atoms with Gasteiger partial charge in [0.25, 0.3) is 0 Å². The molecule has 1 heterocycles. The number of nitrogens with one attached hydrogen (secondary N) is 1. The maximum atomic E-state index is 11.3. The highest BCUT2D eigenvalue weighted by Crippen LogP contribution is 2.29. The summed E-state index contributed by atoms with van der Waals surface area (Å²) in [5.41, 5.74) is 2.21. The van der Waals surface area contributed by atoms with Crippen LogP contribution in [0.4, 0.5) is 5.69 Å². The van der Waals surface area contributed by atoms with Crippen molar-refractivity contribution in [2.75, 3.05) is 7.11 Å². The molecule has 150 valence electrons. The molecule has 29 heavy (non-hydrogen) atoms. The van der Waals surface area contributed by atoms with Crippen molar-refractivity contribution in [3.8, 4) is 11.5 Å². The third kappa shape index (κ3) is 4.66. The Hall–Kier alpha value is -3.53. The van der Waals surface area contributed by atoms with Gasteiger partial charge >= 0.3 is 5.69 Å². The number of nitro benzene ring substituents is 1. The Morgan fingerprint density at radius 1 is 1.28 bits per heavy atom. The molecule has 10 heteroatoms. The summed E-state index contributed by atoms with van der Waals surface area (Å²) >= 11 is 5.13. The molecule has 0 fully saturated rings. The summed E-state index contributed by atoms with van der Waals surface area (Å²) in [5, 5.41) is 22.3. The first-order chi connectivity index (χ1) is 13.9. The van der Waals surface area contributed by atoms with E-state index in [1.807, 2.05) is 12.1 Å². The molecular formula is C19H19N5O4S. The summed E-state index contributed by atoms with van der Waals surface area (Å²) in [6.07, 6.45) is 1.63. The molecule has 0 amide bonds. The molecule has 0 atom stereocenters. The lowest BCUT2D eigenvalue weighted by atomic mass is 10.1. The number of ether oxygens (including phenoxy) is 2. The molecule has 2 aromatic carbocycles. The summed E-state index contributed by atoms with van der Waals surface area (Å²) in [7, 11) is 1.55. The van der Waals surface area contributed by atoms with E-state index in [1.54, 1.807) is 45.4 Å². The number of hydrogen-bond acceptors (Lipinski definition) is 7. The van der Waals surface area contributed by atoms with Crippen LogP contribution in [0.15, 0.2) is 41.5 Å². The minimum absolute atomic E-state index is 0.0773. The average Bonchev–Trinajstić information content (AvgIpc) is 3.02. The number of hydrogen-bond donors (Lipinski definition) is 1. The lowest BCUT2D eigenvalue weighted by Gasteiger charge is -2.11. The van der Waals surface area contributed by atoms with Crippen LogP contribution in [0.25, 0.3) is 0 Å². The van der Waals surface area contributed by atoms with Crippen LogP contribution < -0.4 is 9.47 Å². The first-order valence-corrected chi connectivity index (χ1v) is 9.03. The van der Waals surface area contributed by atoms with Gasteiger partial charge in [0.15, 0.2) is 5.75 Å². The van der Waals surface area contributed by atoms with Crippen molar-refractivity contribution in [2.45, 2.75) is 20.5 Å². The zero-order valence-electron chi connectivity index (χ0n) is 16.1. The van der Waals surface area contributed by atoms with Crippen LogP contribution in [0.1, 0.15) is 22.5 Å². The van der Waals surface area contributed by atoms with Crippen molar-refractivity contribution in [1.82, 2.24) is 14.9 Å². The number of H-pyrrole nitrogens is 1. The van der Waals surface area contributed by atoms with Gasteiger partial charge in [-0.2, -0.15) is 14.9 Å². The van der Waals surface area contributed by atoms with Crippen molar-refractivity contribution in [3.05, 3.63) is 73.8 Å². The van der Waals surface area contributed by atoms with Gasteiger partial charge in [-0.1, -0.05) is 6.07 Å². The number of nitro groups is 1. The van der Waals surface area contributed by atoms with E-state index in [-0.39, 0.29) is 18.0 Å². The highest BCUT2D eigenvalue weighted by atomic mass is 32.1. The van der Waals surface area contributed by atoms with E-state index < -0.39 is 4.92 Å². The maximum Gasteiger partial charge on any atom is 0.311 e. The highest BCUT2D eigenvalue weighted by molar-refractivity contribution is 7.71. The Bertz CT molecular complexity index is 1140. The molecule has 0 spiro atoms. The molecule has 0 aliphatic carbocycles. The molecule has 0 saturated carbocycles. The fourth-order valence-corrected chi connectivity index (χ4v) is 2.89. The third-order valence-electron chi connectivity index (χ3n) is 4.13. The van der Waals surface area contributed by atoms with E-state index >= 15 is 0 Å². The Labute approximate surface area is 171 Å². The summed E-state index contributed by atoms with van der Waals surface area (Å²) in [5.74, 6) is 1.44. The Balaban J connectivity index is 1.85. The lowest BCUT2D eigenvalue weighted by molar-refractivity contribution is -0.386. The quantitative estimate of drug-likeness (QED) is 0.272. The standard InChI is InChI=1S/C19H19N5O4S/c1-12-4-6-18(16(8-12)24(25)26)28-11-15-9-14(5-7-17(15)27-3)10-20-23-13(2)21-22-19(23)29/h4-10H,11H2,1-3H3,(H,22,29)/b20-10+.